The fraction of sp³-hybridized carbons (Fsp3) is 0.438. The van der Waals surface area contributed by atoms with Gasteiger partial charge in [0.05, 0.1) is 6.61 Å². The van der Waals surface area contributed by atoms with Crippen molar-refractivity contribution in [3.05, 3.63) is 34.1 Å². The van der Waals surface area contributed by atoms with Crippen molar-refractivity contribution >= 4 is 44.2 Å². The minimum atomic E-state index is -0.253. The van der Waals surface area contributed by atoms with Gasteiger partial charge in [0.1, 0.15) is 11.9 Å². The van der Waals surface area contributed by atoms with Crippen molar-refractivity contribution in [3.63, 3.8) is 0 Å². The molecule has 8 heteroatoms. The molecule has 1 fully saturated rings. The molecule has 1 atom stereocenters. The van der Waals surface area contributed by atoms with Crippen LogP contribution in [0.15, 0.2) is 22.7 Å². The highest BCUT2D eigenvalue weighted by Crippen LogP contribution is 2.27. The van der Waals surface area contributed by atoms with Crippen molar-refractivity contribution < 1.29 is 9.53 Å². The Morgan fingerprint density at radius 2 is 2.33 bits per heavy atom. The van der Waals surface area contributed by atoms with Gasteiger partial charge in [0.2, 0.25) is 11.0 Å². The van der Waals surface area contributed by atoms with E-state index in [4.69, 9.17) is 4.74 Å². The summed E-state index contributed by atoms with van der Waals surface area (Å²) in [5.74, 6) is 0.820. The Kier molecular flexibility index (Phi) is 5.47. The van der Waals surface area contributed by atoms with Gasteiger partial charge in [-0.2, -0.15) is 4.37 Å². The van der Waals surface area contributed by atoms with E-state index in [1.807, 2.05) is 30.0 Å². The average molecular weight is 411 g/mol. The average Bonchev–Trinajstić information content (AvgIpc) is 3.16. The van der Waals surface area contributed by atoms with E-state index in [1.54, 1.807) is 7.11 Å². The van der Waals surface area contributed by atoms with E-state index < -0.39 is 0 Å². The van der Waals surface area contributed by atoms with Crippen LogP contribution in [-0.4, -0.2) is 41.6 Å². The summed E-state index contributed by atoms with van der Waals surface area (Å²) in [6, 6.07) is 5.71. The molecule has 1 aromatic heterocycles. The molecule has 1 aromatic carbocycles. The van der Waals surface area contributed by atoms with Crippen molar-refractivity contribution in [2.75, 3.05) is 30.5 Å². The molecule has 1 aliphatic rings. The van der Waals surface area contributed by atoms with Crippen molar-refractivity contribution in [1.82, 2.24) is 9.36 Å². The third-order valence-corrected chi connectivity index (χ3v) is 5.53. The van der Waals surface area contributed by atoms with E-state index in [1.165, 1.54) is 11.5 Å². The first kappa shape index (κ1) is 17.3. The van der Waals surface area contributed by atoms with Crippen LogP contribution in [0, 0.1) is 6.92 Å². The zero-order valence-electron chi connectivity index (χ0n) is 13.6. The minimum absolute atomic E-state index is 0.0744. The Hall–Kier alpha value is -1.51. The molecule has 0 bridgehead atoms. The quantitative estimate of drug-likeness (QED) is 0.792. The molecule has 1 saturated heterocycles. The number of aromatic nitrogens is 2. The highest BCUT2D eigenvalue weighted by molar-refractivity contribution is 9.10. The van der Waals surface area contributed by atoms with Crippen LogP contribution in [-0.2, 0) is 16.0 Å². The van der Waals surface area contributed by atoms with Crippen molar-refractivity contribution in [2.24, 2.45) is 0 Å². The first-order chi connectivity index (χ1) is 11.6. The summed E-state index contributed by atoms with van der Waals surface area (Å²) in [5, 5.41) is 3.91. The summed E-state index contributed by atoms with van der Waals surface area (Å²) in [4.78, 5) is 18.9. The zero-order chi connectivity index (χ0) is 17.1. The SMILES string of the molecule is COCCc1nsc(NC2CCN(c3ccc(Br)c(C)c3)C2=O)n1. The van der Waals surface area contributed by atoms with Gasteiger partial charge in [-0.25, -0.2) is 4.98 Å². The molecule has 0 aliphatic carbocycles. The molecule has 0 radical (unpaired) electrons. The van der Waals surface area contributed by atoms with Crippen LogP contribution < -0.4 is 10.2 Å². The molecule has 3 rings (SSSR count). The number of halogens is 1. The lowest BCUT2D eigenvalue weighted by molar-refractivity contribution is -0.117. The maximum atomic E-state index is 12.7. The molecular weight excluding hydrogens is 392 g/mol. The van der Waals surface area contributed by atoms with E-state index in [2.05, 4.69) is 30.6 Å². The number of rotatable bonds is 6. The molecule has 2 aromatic rings. The summed E-state index contributed by atoms with van der Waals surface area (Å²) in [5.41, 5.74) is 2.05. The molecular formula is C16H19BrN4O2S. The molecule has 1 N–H and O–H groups in total. The molecule has 128 valence electrons. The third-order valence-electron chi connectivity index (χ3n) is 3.95. The number of hydrogen-bond acceptors (Lipinski definition) is 6. The second-order valence-electron chi connectivity index (χ2n) is 5.67. The van der Waals surface area contributed by atoms with Crippen LogP contribution in [0.4, 0.5) is 10.8 Å². The summed E-state index contributed by atoms with van der Waals surface area (Å²) in [6.45, 7) is 3.31. The number of nitrogens with zero attached hydrogens (tertiary/aromatic N) is 3. The van der Waals surface area contributed by atoms with Gasteiger partial charge < -0.3 is 15.0 Å². The van der Waals surface area contributed by atoms with E-state index in [0.29, 0.717) is 24.7 Å². The Morgan fingerprint density at radius 3 is 3.08 bits per heavy atom. The fourth-order valence-electron chi connectivity index (χ4n) is 2.62. The van der Waals surface area contributed by atoms with Gasteiger partial charge in [-0.15, -0.1) is 0 Å². The largest absolute Gasteiger partial charge is 0.384 e. The molecule has 6 nitrogen and oxygen atoms in total. The number of hydrogen-bond donors (Lipinski definition) is 1. The summed E-state index contributed by atoms with van der Waals surface area (Å²) in [7, 11) is 1.65. The molecule has 1 aliphatic heterocycles. The lowest BCUT2D eigenvalue weighted by Crippen LogP contribution is -2.33. The minimum Gasteiger partial charge on any atom is -0.384 e. The molecule has 1 amide bonds. The van der Waals surface area contributed by atoms with E-state index in [-0.39, 0.29) is 11.9 Å². The van der Waals surface area contributed by atoms with Crippen LogP contribution in [0.1, 0.15) is 17.8 Å². The van der Waals surface area contributed by atoms with Gasteiger partial charge in [-0.3, -0.25) is 4.79 Å². The Bertz CT molecular complexity index is 737. The number of methoxy groups -OCH3 is 1. The predicted molar refractivity (Wildman–Crippen MR) is 98.7 cm³/mol. The normalized spacial score (nSPS) is 17.5. The van der Waals surface area contributed by atoms with Crippen LogP contribution in [0.2, 0.25) is 0 Å². The number of carbonyl (C=O) groups is 1. The highest BCUT2D eigenvalue weighted by Gasteiger charge is 2.33. The number of carbonyl (C=O) groups excluding carboxylic acids is 1. The monoisotopic (exact) mass is 410 g/mol. The standard InChI is InChI=1S/C16H19BrN4O2S/c1-10-9-11(3-4-12(10)17)21-7-5-13(15(21)22)18-16-19-14(20-24-16)6-8-23-2/h3-4,9,13H,5-8H2,1-2H3,(H,18,19,20). The fourth-order valence-corrected chi connectivity index (χ4v) is 3.54. The van der Waals surface area contributed by atoms with Crippen molar-refractivity contribution in [2.45, 2.75) is 25.8 Å². The van der Waals surface area contributed by atoms with E-state index in [0.717, 1.165) is 28.0 Å². The first-order valence-corrected chi connectivity index (χ1v) is 9.30. The summed E-state index contributed by atoms with van der Waals surface area (Å²) >= 11 is 4.78. The number of aryl methyl sites for hydroxylation is 1. The van der Waals surface area contributed by atoms with Gasteiger partial charge in [-0.05, 0) is 37.1 Å². The number of nitrogens with one attached hydrogen (secondary N) is 1. The zero-order valence-corrected chi connectivity index (χ0v) is 16.0. The van der Waals surface area contributed by atoms with Crippen LogP contribution in [0.25, 0.3) is 0 Å². The maximum Gasteiger partial charge on any atom is 0.249 e. The van der Waals surface area contributed by atoms with Gasteiger partial charge in [0.15, 0.2) is 0 Å². The smallest absolute Gasteiger partial charge is 0.249 e. The molecule has 2 heterocycles. The van der Waals surface area contributed by atoms with Gasteiger partial charge in [0.25, 0.3) is 0 Å². The van der Waals surface area contributed by atoms with Gasteiger partial charge >= 0.3 is 0 Å². The number of benzene rings is 1. The van der Waals surface area contributed by atoms with E-state index in [9.17, 15) is 4.79 Å². The number of amides is 1. The second kappa shape index (κ2) is 7.58. The summed E-state index contributed by atoms with van der Waals surface area (Å²) in [6.07, 6.45) is 1.43. The topological polar surface area (TPSA) is 67.3 Å². The Balaban J connectivity index is 1.65. The van der Waals surface area contributed by atoms with Crippen LogP contribution >= 0.6 is 27.5 Å². The molecule has 1 unspecified atom stereocenters. The number of anilines is 2. The summed E-state index contributed by atoms with van der Waals surface area (Å²) < 4.78 is 10.4. The van der Waals surface area contributed by atoms with Gasteiger partial charge in [-0.1, -0.05) is 15.9 Å². The molecule has 24 heavy (non-hydrogen) atoms. The third kappa shape index (κ3) is 3.76. The Morgan fingerprint density at radius 1 is 1.50 bits per heavy atom. The maximum absolute atomic E-state index is 12.7. The lowest BCUT2D eigenvalue weighted by Gasteiger charge is -2.18. The highest BCUT2D eigenvalue weighted by atomic mass is 79.9. The predicted octanol–water partition coefficient (Wildman–Crippen LogP) is 3.02. The van der Waals surface area contributed by atoms with Gasteiger partial charge in [0, 0.05) is 41.8 Å². The lowest BCUT2D eigenvalue weighted by atomic mass is 10.2. The number of ether oxygens (including phenoxy) is 1. The van der Waals surface area contributed by atoms with Crippen molar-refractivity contribution in [3.8, 4) is 0 Å². The first-order valence-electron chi connectivity index (χ1n) is 7.74. The molecule has 0 saturated carbocycles. The second-order valence-corrected chi connectivity index (χ2v) is 7.27. The molecule has 0 spiro atoms. The Labute approximate surface area is 153 Å². The van der Waals surface area contributed by atoms with Crippen LogP contribution in [0.5, 0.6) is 0 Å². The van der Waals surface area contributed by atoms with Crippen LogP contribution in [0.3, 0.4) is 0 Å². The van der Waals surface area contributed by atoms with Crippen molar-refractivity contribution in [1.29, 1.82) is 0 Å². The van der Waals surface area contributed by atoms with E-state index >= 15 is 0 Å².